The highest BCUT2D eigenvalue weighted by Gasteiger charge is 2.19. The largest absolute Gasteiger partial charge is 0.489 e. The van der Waals surface area contributed by atoms with Crippen molar-refractivity contribution in [1.82, 2.24) is 30.0 Å². The van der Waals surface area contributed by atoms with Gasteiger partial charge in [-0.1, -0.05) is 12.5 Å². The van der Waals surface area contributed by atoms with Gasteiger partial charge in [0.15, 0.2) is 5.65 Å². The van der Waals surface area contributed by atoms with Gasteiger partial charge in [-0.15, -0.1) is 0 Å². The van der Waals surface area contributed by atoms with Crippen molar-refractivity contribution >= 4 is 27.6 Å². The van der Waals surface area contributed by atoms with Crippen LogP contribution in [0.25, 0.3) is 44.5 Å². The van der Waals surface area contributed by atoms with Gasteiger partial charge in [-0.2, -0.15) is 5.10 Å². The van der Waals surface area contributed by atoms with Gasteiger partial charge in [-0.25, -0.2) is 4.98 Å². The Morgan fingerprint density at radius 2 is 1.74 bits per heavy atom. The molecule has 5 aromatic rings. The summed E-state index contributed by atoms with van der Waals surface area (Å²) >= 11 is 0. The average molecular weight is 508 g/mol. The first-order chi connectivity index (χ1) is 18.7. The maximum Gasteiger partial charge on any atom is 0.181 e. The monoisotopic (exact) mass is 507 g/mol. The van der Waals surface area contributed by atoms with Crippen molar-refractivity contribution < 1.29 is 4.74 Å². The Hall–Kier alpha value is -3.91. The summed E-state index contributed by atoms with van der Waals surface area (Å²) < 4.78 is 6.27. The van der Waals surface area contributed by atoms with E-state index in [-0.39, 0.29) is 0 Å². The van der Waals surface area contributed by atoms with E-state index in [1.54, 1.807) is 0 Å². The molecule has 2 fully saturated rings. The molecule has 7 rings (SSSR count). The molecule has 1 aromatic carbocycles. The fraction of sp³-hybridized carbons (Fsp3) is 0.367. The van der Waals surface area contributed by atoms with Crippen LogP contribution in [0.2, 0.25) is 0 Å². The van der Waals surface area contributed by atoms with Crippen LogP contribution in [0.5, 0.6) is 5.75 Å². The summed E-state index contributed by atoms with van der Waals surface area (Å²) in [6.45, 7) is 4.23. The minimum atomic E-state index is 0.291. The second kappa shape index (κ2) is 9.76. The number of piperazine rings is 1. The molecule has 1 aliphatic carbocycles. The normalized spacial score (nSPS) is 17.4. The standard InChI is InChI=1S/C30H33N7O/c1-36-10-12-37(13-11-36)28-9-5-8-26-24(28)16-27(33-26)29-25-15-21(18-32-30(25)35-34-29)20-14-23(19-31-17-20)38-22-6-3-2-4-7-22/h5,8-9,14-19,22,33H,2-4,6-7,10-13H2,1H3,(H,32,34,35). The van der Waals surface area contributed by atoms with Gasteiger partial charge in [0.1, 0.15) is 5.75 Å². The number of benzene rings is 1. The first-order valence-corrected chi connectivity index (χ1v) is 13.7. The topological polar surface area (TPSA) is 86.0 Å². The summed E-state index contributed by atoms with van der Waals surface area (Å²) in [6.07, 6.45) is 11.9. The molecule has 194 valence electrons. The molecule has 38 heavy (non-hydrogen) atoms. The van der Waals surface area contributed by atoms with Crippen molar-refractivity contribution in [3.8, 4) is 28.3 Å². The van der Waals surface area contributed by atoms with E-state index in [1.165, 1.54) is 30.3 Å². The van der Waals surface area contributed by atoms with Gasteiger partial charge in [0.2, 0.25) is 0 Å². The predicted octanol–water partition coefficient (Wildman–Crippen LogP) is 5.63. The molecule has 8 heteroatoms. The Morgan fingerprint density at radius 1 is 0.895 bits per heavy atom. The summed E-state index contributed by atoms with van der Waals surface area (Å²) in [5.74, 6) is 0.828. The summed E-state index contributed by atoms with van der Waals surface area (Å²) in [7, 11) is 2.19. The zero-order valence-corrected chi connectivity index (χ0v) is 21.8. The van der Waals surface area contributed by atoms with E-state index < -0.39 is 0 Å². The molecule has 0 unspecified atom stereocenters. The molecule has 2 N–H and O–H groups in total. The summed E-state index contributed by atoms with van der Waals surface area (Å²) in [5, 5.41) is 9.95. The van der Waals surface area contributed by atoms with Crippen LogP contribution in [0.4, 0.5) is 5.69 Å². The third kappa shape index (κ3) is 4.39. The number of ether oxygens (including phenoxy) is 1. The minimum Gasteiger partial charge on any atom is -0.489 e. The van der Waals surface area contributed by atoms with Crippen LogP contribution in [-0.4, -0.2) is 69.4 Å². The number of nitrogens with one attached hydrogen (secondary N) is 2. The molecule has 1 saturated carbocycles. The molecule has 0 spiro atoms. The lowest BCUT2D eigenvalue weighted by molar-refractivity contribution is 0.154. The molecule has 0 atom stereocenters. The Kier molecular flexibility index (Phi) is 5.96. The maximum absolute atomic E-state index is 6.27. The van der Waals surface area contributed by atoms with E-state index in [9.17, 15) is 0 Å². The van der Waals surface area contributed by atoms with Crippen LogP contribution < -0.4 is 9.64 Å². The van der Waals surface area contributed by atoms with Crippen LogP contribution in [-0.2, 0) is 0 Å². The fourth-order valence-electron chi connectivity index (χ4n) is 5.88. The maximum atomic E-state index is 6.27. The number of aromatic nitrogens is 5. The number of likely N-dealkylation sites (N-methyl/N-ethyl adjacent to an activating group) is 1. The second-order valence-corrected chi connectivity index (χ2v) is 10.7. The summed E-state index contributed by atoms with van der Waals surface area (Å²) in [4.78, 5) is 17.6. The van der Waals surface area contributed by atoms with E-state index >= 15 is 0 Å². The fourth-order valence-corrected chi connectivity index (χ4v) is 5.88. The van der Waals surface area contributed by atoms with Gasteiger partial charge >= 0.3 is 0 Å². The molecule has 2 aliphatic rings. The molecular formula is C30H33N7O. The van der Waals surface area contributed by atoms with E-state index in [2.05, 4.69) is 78.4 Å². The van der Waals surface area contributed by atoms with Crippen LogP contribution in [0.3, 0.4) is 0 Å². The Labute approximate surface area is 222 Å². The van der Waals surface area contributed by atoms with Crippen molar-refractivity contribution in [1.29, 1.82) is 0 Å². The molecular weight excluding hydrogens is 474 g/mol. The quantitative estimate of drug-likeness (QED) is 0.321. The lowest BCUT2D eigenvalue weighted by atomic mass is 9.98. The van der Waals surface area contributed by atoms with E-state index in [0.717, 1.165) is 78.2 Å². The van der Waals surface area contributed by atoms with Crippen LogP contribution >= 0.6 is 0 Å². The highest BCUT2D eigenvalue weighted by atomic mass is 16.5. The van der Waals surface area contributed by atoms with Gasteiger partial charge in [0.05, 0.1) is 23.7 Å². The first-order valence-electron chi connectivity index (χ1n) is 13.7. The third-order valence-corrected chi connectivity index (χ3v) is 8.07. The number of H-pyrrole nitrogens is 2. The molecule has 0 bridgehead atoms. The van der Waals surface area contributed by atoms with Crippen molar-refractivity contribution in [2.75, 3.05) is 38.1 Å². The first kappa shape index (κ1) is 23.2. The number of nitrogens with zero attached hydrogens (tertiary/aromatic N) is 5. The minimum absolute atomic E-state index is 0.291. The molecule has 1 aliphatic heterocycles. The second-order valence-electron chi connectivity index (χ2n) is 10.7. The number of hydrogen-bond acceptors (Lipinski definition) is 6. The van der Waals surface area contributed by atoms with Gasteiger partial charge in [0.25, 0.3) is 0 Å². The summed E-state index contributed by atoms with van der Waals surface area (Å²) in [6, 6.07) is 13.0. The zero-order chi connectivity index (χ0) is 25.5. The van der Waals surface area contributed by atoms with Crippen molar-refractivity contribution in [3.63, 3.8) is 0 Å². The molecule has 5 heterocycles. The molecule has 8 nitrogen and oxygen atoms in total. The lowest BCUT2D eigenvalue weighted by Gasteiger charge is -2.34. The van der Waals surface area contributed by atoms with Gasteiger partial charge in [0, 0.05) is 71.7 Å². The van der Waals surface area contributed by atoms with Gasteiger partial charge in [-0.05, 0) is 63.1 Å². The molecule has 0 radical (unpaired) electrons. The smallest absolute Gasteiger partial charge is 0.181 e. The number of pyridine rings is 2. The highest BCUT2D eigenvalue weighted by molar-refractivity contribution is 6.00. The van der Waals surface area contributed by atoms with Crippen LogP contribution in [0.1, 0.15) is 32.1 Å². The lowest BCUT2D eigenvalue weighted by Crippen LogP contribution is -2.44. The Bertz CT molecular complexity index is 1570. The van der Waals surface area contributed by atoms with Crippen molar-refractivity contribution in [3.05, 3.63) is 55.0 Å². The number of rotatable bonds is 5. The number of hydrogen-bond donors (Lipinski definition) is 2. The average Bonchev–Trinajstić information content (AvgIpc) is 3.58. The van der Waals surface area contributed by atoms with Crippen LogP contribution in [0.15, 0.2) is 55.0 Å². The molecule has 4 aromatic heterocycles. The number of fused-ring (bicyclic) bond motifs is 2. The van der Waals surface area contributed by atoms with Gasteiger partial charge in [-0.3, -0.25) is 10.1 Å². The third-order valence-electron chi connectivity index (χ3n) is 8.07. The molecule has 1 saturated heterocycles. The Balaban J connectivity index is 1.22. The van der Waals surface area contributed by atoms with E-state index in [1.807, 2.05) is 18.6 Å². The van der Waals surface area contributed by atoms with Crippen LogP contribution in [0, 0.1) is 0 Å². The highest BCUT2D eigenvalue weighted by Crippen LogP contribution is 2.35. The number of anilines is 1. The van der Waals surface area contributed by atoms with E-state index in [4.69, 9.17) is 4.74 Å². The van der Waals surface area contributed by atoms with Gasteiger partial charge < -0.3 is 19.5 Å². The SMILES string of the molecule is CN1CCN(c2cccc3[nH]c(-c4[nH]nc5ncc(-c6cncc(OC7CCCCC7)c6)cc45)cc23)CC1. The summed E-state index contributed by atoms with van der Waals surface area (Å²) in [5.41, 5.74) is 7.05. The number of aromatic amines is 2. The Morgan fingerprint density at radius 3 is 2.61 bits per heavy atom. The van der Waals surface area contributed by atoms with Crippen molar-refractivity contribution in [2.45, 2.75) is 38.2 Å². The van der Waals surface area contributed by atoms with Crippen molar-refractivity contribution in [2.24, 2.45) is 0 Å². The predicted molar refractivity (Wildman–Crippen MR) is 152 cm³/mol. The molecule has 0 amide bonds. The van der Waals surface area contributed by atoms with E-state index in [0.29, 0.717) is 11.8 Å². The zero-order valence-electron chi connectivity index (χ0n) is 21.8.